The summed E-state index contributed by atoms with van der Waals surface area (Å²) in [5.74, 6) is 0. The molecular weight excluding hydrogens is 317 g/mol. The minimum absolute atomic E-state index is 0.0565. The van der Waals surface area contributed by atoms with Crippen LogP contribution in [0.4, 0.5) is 0 Å². The third-order valence-electron chi connectivity index (χ3n) is 2.95. The van der Waals surface area contributed by atoms with Crippen molar-refractivity contribution in [2.75, 3.05) is 6.73 Å². The van der Waals surface area contributed by atoms with Crippen molar-refractivity contribution < 1.29 is 32.1 Å². The van der Waals surface area contributed by atoms with Gasteiger partial charge in [-0.3, -0.25) is 19.2 Å². The predicted octanol–water partition coefficient (Wildman–Crippen LogP) is 1.21. The van der Waals surface area contributed by atoms with Crippen LogP contribution in [0, 0.1) is 0 Å². The molecule has 0 amide bonds. The van der Waals surface area contributed by atoms with Crippen LogP contribution in [0.2, 0.25) is 0 Å². The van der Waals surface area contributed by atoms with Crippen LogP contribution < -0.4 is 10.4 Å². The Morgan fingerprint density at radius 1 is 1.11 bits per heavy atom. The molecule has 2 fully saturated rings. The third-order valence-corrected chi connectivity index (χ3v) is 6.83. The van der Waals surface area contributed by atoms with Gasteiger partial charge in [-0.2, -0.15) is 4.31 Å². The van der Waals surface area contributed by atoms with E-state index in [4.69, 9.17) is 0 Å². The number of fused-ring (bicyclic) bond motifs is 1. The molecule has 0 spiro atoms. The summed E-state index contributed by atoms with van der Waals surface area (Å²) in [5.41, 5.74) is 0. The summed E-state index contributed by atoms with van der Waals surface area (Å²) in [6.07, 6.45) is 3.87. The smallest absolute Gasteiger partial charge is 0.302 e. The molecular formula is C7H17N2O7P3. The first-order chi connectivity index (χ1) is 8.88. The zero-order valence-electron chi connectivity index (χ0n) is 10.0. The van der Waals surface area contributed by atoms with Gasteiger partial charge in [-0.25, -0.2) is 9.13 Å². The maximum Gasteiger partial charge on any atom is 0.485 e. The summed E-state index contributed by atoms with van der Waals surface area (Å²) in [6, 6.07) is 0.118. The lowest BCUT2D eigenvalue weighted by Crippen LogP contribution is -2.47. The van der Waals surface area contributed by atoms with Crippen LogP contribution in [-0.2, 0) is 22.3 Å². The lowest BCUT2D eigenvalue weighted by atomic mass is 9.91. The molecule has 1 aliphatic carbocycles. The van der Waals surface area contributed by atoms with Crippen molar-refractivity contribution in [2.24, 2.45) is 0 Å². The van der Waals surface area contributed by atoms with Crippen LogP contribution in [0.15, 0.2) is 0 Å². The van der Waals surface area contributed by atoms with E-state index in [1.807, 2.05) is 0 Å². The van der Waals surface area contributed by atoms with Crippen molar-refractivity contribution in [3.05, 3.63) is 0 Å². The second-order valence-electron chi connectivity index (χ2n) is 4.33. The number of phosphoric ester groups is 1. The molecule has 19 heavy (non-hydrogen) atoms. The molecule has 5 atom stereocenters. The molecule has 12 heteroatoms. The van der Waals surface area contributed by atoms with E-state index in [0.29, 0.717) is 0 Å². The van der Waals surface area contributed by atoms with Gasteiger partial charge in [0.15, 0.2) is 0 Å². The maximum atomic E-state index is 11.4. The average molecular weight is 334 g/mol. The minimum atomic E-state index is -4.62. The molecule has 9 nitrogen and oxygen atoms in total. The molecule has 0 radical (unpaired) electrons. The molecule has 0 aromatic carbocycles. The molecule has 3 unspecified atom stereocenters. The second-order valence-corrected chi connectivity index (χ2v) is 8.34. The van der Waals surface area contributed by atoms with Crippen molar-refractivity contribution >= 4 is 24.6 Å². The van der Waals surface area contributed by atoms with Gasteiger partial charge in [0.1, 0.15) is 15.7 Å². The highest BCUT2D eigenvalue weighted by Crippen LogP contribution is 2.62. The van der Waals surface area contributed by atoms with Crippen molar-refractivity contribution in [2.45, 2.75) is 37.8 Å². The van der Waals surface area contributed by atoms with E-state index in [2.05, 4.69) is 23.5 Å². The Morgan fingerprint density at radius 2 is 1.79 bits per heavy atom. The van der Waals surface area contributed by atoms with Crippen LogP contribution >= 0.6 is 24.6 Å². The van der Waals surface area contributed by atoms with Gasteiger partial charge in [-0.1, -0.05) is 12.8 Å². The van der Waals surface area contributed by atoms with Crippen LogP contribution in [0.5, 0.6) is 0 Å². The monoisotopic (exact) mass is 334 g/mol. The fourth-order valence-electron chi connectivity index (χ4n) is 2.10. The topological polar surface area (TPSA) is 126 Å². The summed E-state index contributed by atoms with van der Waals surface area (Å²) in [5, 5.41) is 5.99. The summed E-state index contributed by atoms with van der Waals surface area (Å²) >= 11 is 0. The molecule has 2 rings (SSSR count). The summed E-state index contributed by atoms with van der Waals surface area (Å²) < 4.78 is 36.1. The second kappa shape index (κ2) is 6.58. The lowest BCUT2D eigenvalue weighted by Gasteiger charge is -2.32. The molecule has 2 aliphatic rings. The van der Waals surface area contributed by atoms with Crippen molar-refractivity contribution in [3.63, 3.8) is 0 Å². The van der Waals surface area contributed by atoms with E-state index in [1.54, 1.807) is 0 Å². The highest BCUT2D eigenvalue weighted by Gasteiger charge is 2.37. The minimum Gasteiger partial charge on any atom is -0.302 e. The van der Waals surface area contributed by atoms with Crippen LogP contribution in [0.1, 0.15) is 25.7 Å². The first-order valence-electron chi connectivity index (χ1n) is 5.82. The molecule has 1 saturated heterocycles. The van der Waals surface area contributed by atoms with Crippen molar-refractivity contribution in [3.8, 4) is 0 Å². The average Bonchev–Trinajstić information content (AvgIpc) is 2.30. The molecule has 1 heterocycles. The highest BCUT2D eigenvalue weighted by molar-refractivity contribution is 7.64. The molecule has 0 aromatic heterocycles. The summed E-state index contributed by atoms with van der Waals surface area (Å²) in [6.45, 7) is -0.236. The van der Waals surface area contributed by atoms with Gasteiger partial charge in [0.25, 0.3) is 0 Å². The number of phosphoric acid groups is 2. The third kappa shape index (κ3) is 5.14. The largest absolute Gasteiger partial charge is 0.485 e. The summed E-state index contributed by atoms with van der Waals surface area (Å²) in [7, 11) is -9.72. The van der Waals surface area contributed by atoms with Crippen LogP contribution in [-0.4, -0.2) is 28.6 Å². The lowest BCUT2D eigenvalue weighted by molar-refractivity contribution is 0.158. The Bertz CT molecular complexity index is 372. The van der Waals surface area contributed by atoms with Crippen molar-refractivity contribution in [1.82, 2.24) is 10.4 Å². The van der Waals surface area contributed by atoms with Crippen LogP contribution in [0.3, 0.4) is 0 Å². The zero-order valence-corrected chi connectivity index (χ0v) is 12.8. The van der Waals surface area contributed by atoms with Gasteiger partial charge in [-0.15, -0.1) is 0 Å². The quantitative estimate of drug-likeness (QED) is 0.483. The molecule has 112 valence electrons. The number of nitrogens with one attached hydrogen (secondary N) is 2. The Labute approximate surface area is 112 Å². The van der Waals surface area contributed by atoms with E-state index in [9.17, 15) is 18.9 Å². The maximum absolute atomic E-state index is 11.4. The van der Waals surface area contributed by atoms with Gasteiger partial charge >= 0.3 is 15.6 Å². The first kappa shape index (κ1) is 16.0. The highest BCUT2D eigenvalue weighted by atomic mass is 31.3. The molecule has 1 saturated carbocycles. The Kier molecular flexibility index (Phi) is 5.54. The number of hydrogen-bond acceptors (Lipinski definition) is 7. The predicted molar refractivity (Wildman–Crippen MR) is 68.4 cm³/mol. The Morgan fingerprint density at radius 3 is 2.53 bits per heavy atom. The van der Waals surface area contributed by atoms with Gasteiger partial charge in [0.05, 0.1) is 0 Å². The SMILES string of the molecule is O=P1(O)OCN[C@@H]2CCCC[C@H]2NPOP(=O)(O)O1. The standard InChI is InChI=1S/C7H17N2O7P3/c10-18(11)14-5-8-6-3-1-2-4-7(6)9-17-15-19(12,13)16-18/h6-9,17H,1-5H2,(H,10,11)(H,12,13)/t6-,7-/m1/s1. The molecule has 0 bridgehead atoms. The van der Waals surface area contributed by atoms with E-state index in [1.165, 1.54) is 0 Å². The molecule has 0 aromatic rings. The van der Waals surface area contributed by atoms with E-state index >= 15 is 0 Å². The van der Waals surface area contributed by atoms with Gasteiger partial charge < -0.3 is 9.79 Å². The zero-order chi connectivity index (χ0) is 13.9. The van der Waals surface area contributed by atoms with Crippen LogP contribution in [0.25, 0.3) is 0 Å². The fourth-order valence-corrected chi connectivity index (χ4v) is 5.18. The normalized spacial score (nSPS) is 47.3. The first-order valence-corrected chi connectivity index (χ1v) is 9.72. The number of hydrogen-bond donors (Lipinski definition) is 4. The molecule has 1 aliphatic heterocycles. The Hall–Kier alpha value is 0.610. The van der Waals surface area contributed by atoms with Gasteiger partial charge in [-0.05, 0) is 12.8 Å². The fraction of sp³-hybridized carbons (Fsp3) is 1.00. The number of rotatable bonds is 0. The van der Waals surface area contributed by atoms with Gasteiger partial charge in [0, 0.05) is 12.1 Å². The van der Waals surface area contributed by atoms with Gasteiger partial charge in [0.2, 0.25) is 0 Å². The summed E-state index contributed by atoms with van der Waals surface area (Å²) in [4.78, 5) is 18.5. The van der Waals surface area contributed by atoms with E-state index < -0.39 is 24.6 Å². The Balaban J connectivity index is 2.06. The van der Waals surface area contributed by atoms with E-state index in [-0.39, 0.29) is 18.8 Å². The molecule has 4 N–H and O–H groups in total. The van der Waals surface area contributed by atoms with E-state index in [0.717, 1.165) is 25.7 Å². The van der Waals surface area contributed by atoms with Crippen molar-refractivity contribution in [1.29, 1.82) is 0 Å².